The number of ether oxygens (including phenoxy) is 2. The van der Waals surface area contributed by atoms with Gasteiger partial charge in [-0.15, -0.1) is 0 Å². The molecule has 0 radical (unpaired) electrons. The summed E-state index contributed by atoms with van der Waals surface area (Å²) in [4.78, 5) is 2.33. The van der Waals surface area contributed by atoms with Crippen LogP contribution in [0.2, 0.25) is 0 Å². The monoisotopic (exact) mass is 431 g/mol. The lowest BCUT2D eigenvalue weighted by Crippen LogP contribution is -2.55. The van der Waals surface area contributed by atoms with E-state index in [1.807, 2.05) is 12.1 Å². The summed E-state index contributed by atoms with van der Waals surface area (Å²) in [7, 11) is 3.84. The lowest BCUT2D eigenvalue weighted by atomic mass is 9.75. The summed E-state index contributed by atoms with van der Waals surface area (Å²) in [6, 6.07) is 4.28. The summed E-state index contributed by atoms with van der Waals surface area (Å²) >= 11 is 3.58. The molecule has 0 amide bonds. The number of hydrogen-bond donors (Lipinski definition) is 0. The highest BCUT2D eigenvalue weighted by Crippen LogP contribution is 2.55. The Kier molecular flexibility index (Phi) is 5.60. The highest BCUT2D eigenvalue weighted by atomic mass is 79.9. The molecule has 2 atom stereocenters. The molecule has 1 fully saturated rings. The molecule has 3 nitrogen and oxygen atoms in total. The Bertz CT molecular complexity index is 809. The van der Waals surface area contributed by atoms with Crippen LogP contribution in [-0.4, -0.2) is 30.8 Å². The van der Waals surface area contributed by atoms with Crippen molar-refractivity contribution in [3.05, 3.63) is 52.0 Å². The van der Waals surface area contributed by atoms with Crippen molar-refractivity contribution in [1.29, 1.82) is 0 Å². The number of halogens is 1. The van der Waals surface area contributed by atoms with Crippen LogP contribution in [0.5, 0.6) is 11.5 Å². The predicted molar refractivity (Wildman–Crippen MR) is 116 cm³/mol. The van der Waals surface area contributed by atoms with Gasteiger partial charge in [-0.05, 0) is 50.3 Å². The molecular formula is C23H30BrNO2. The molecule has 2 unspecified atom stereocenters. The van der Waals surface area contributed by atoms with E-state index >= 15 is 0 Å². The smallest absolute Gasteiger partial charge is 0.192 e. The Hall–Kier alpha value is -1.52. The van der Waals surface area contributed by atoms with Crippen molar-refractivity contribution < 1.29 is 9.47 Å². The third-order valence-electron chi connectivity index (χ3n) is 6.07. The first-order valence-electron chi connectivity index (χ1n) is 9.64. The van der Waals surface area contributed by atoms with Crippen LogP contribution in [0.25, 0.3) is 6.08 Å². The number of likely N-dealkylation sites (tertiary alicyclic amines) is 1. The van der Waals surface area contributed by atoms with Crippen molar-refractivity contribution in [2.45, 2.75) is 52.3 Å². The van der Waals surface area contributed by atoms with Crippen LogP contribution in [0.3, 0.4) is 0 Å². The molecule has 2 aliphatic heterocycles. The van der Waals surface area contributed by atoms with E-state index in [9.17, 15) is 0 Å². The first-order chi connectivity index (χ1) is 12.8. The second kappa shape index (κ2) is 7.48. The van der Waals surface area contributed by atoms with E-state index in [-0.39, 0.29) is 11.5 Å². The molecule has 0 bridgehead atoms. The lowest BCUT2D eigenvalue weighted by molar-refractivity contribution is -0.0707. The van der Waals surface area contributed by atoms with Gasteiger partial charge in [0.05, 0.1) is 12.7 Å². The number of allylic oxidation sites excluding steroid dienone is 3. The summed E-state index contributed by atoms with van der Waals surface area (Å²) in [5, 5.41) is 0. The fourth-order valence-electron chi connectivity index (χ4n) is 4.36. The van der Waals surface area contributed by atoms with Gasteiger partial charge in [0.15, 0.2) is 5.72 Å². The molecule has 0 aromatic heterocycles. The number of rotatable bonds is 4. The molecule has 1 aromatic rings. The Morgan fingerprint density at radius 3 is 2.74 bits per heavy atom. The number of nitrogens with zero attached hydrogens (tertiary/aromatic N) is 1. The van der Waals surface area contributed by atoms with Crippen LogP contribution in [0.1, 0.15) is 46.1 Å². The molecule has 3 rings (SSSR count). The highest BCUT2D eigenvalue weighted by Gasteiger charge is 2.60. The fourth-order valence-corrected chi connectivity index (χ4v) is 4.77. The summed E-state index contributed by atoms with van der Waals surface area (Å²) < 4.78 is 13.2. The van der Waals surface area contributed by atoms with Crippen molar-refractivity contribution in [2.75, 3.05) is 14.2 Å². The minimum absolute atomic E-state index is 0.179. The van der Waals surface area contributed by atoms with E-state index in [0.717, 1.165) is 28.0 Å². The van der Waals surface area contributed by atoms with E-state index in [4.69, 9.17) is 9.47 Å². The van der Waals surface area contributed by atoms with Gasteiger partial charge in [-0.25, -0.2) is 0 Å². The molecular weight excluding hydrogens is 402 g/mol. The number of likely N-dealkylation sites (N-methyl/N-ethyl adjacent to an activating group) is 1. The Morgan fingerprint density at radius 1 is 1.33 bits per heavy atom. The molecule has 1 spiro atoms. The number of benzene rings is 1. The summed E-state index contributed by atoms with van der Waals surface area (Å²) in [6.45, 7) is 9.01. The molecule has 0 N–H and O–H groups in total. The molecule has 1 saturated heterocycles. The normalized spacial score (nSPS) is 28.1. The predicted octanol–water partition coefficient (Wildman–Crippen LogP) is 6.20. The minimum atomic E-state index is -0.532. The van der Waals surface area contributed by atoms with Crippen molar-refractivity contribution >= 4 is 22.0 Å². The van der Waals surface area contributed by atoms with Crippen LogP contribution >= 0.6 is 15.9 Å². The quantitative estimate of drug-likeness (QED) is 0.565. The number of hydrogen-bond acceptors (Lipinski definition) is 3. The van der Waals surface area contributed by atoms with Crippen molar-refractivity contribution in [3.63, 3.8) is 0 Å². The standard InChI is InChI=1S/C23H30BrNO2/c1-7-8-9-10-11-19-16(2)25(5)23(22(19,3)4)13-12-18-20(26-6)14-17(24)15-21(18)27-23/h9-16H,7-8H2,1-6H3/b10-9-,19-11+. The van der Waals surface area contributed by atoms with Crippen molar-refractivity contribution in [3.8, 4) is 11.5 Å². The van der Waals surface area contributed by atoms with Crippen molar-refractivity contribution in [2.24, 2.45) is 5.41 Å². The Morgan fingerprint density at radius 2 is 2.07 bits per heavy atom. The lowest BCUT2D eigenvalue weighted by Gasteiger charge is -2.45. The van der Waals surface area contributed by atoms with E-state index in [0.29, 0.717) is 0 Å². The van der Waals surface area contributed by atoms with Gasteiger partial charge in [-0.3, -0.25) is 4.90 Å². The minimum Gasteiger partial charge on any atom is -0.496 e. The third-order valence-corrected chi connectivity index (χ3v) is 6.53. The zero-order chi connectivity index (χ0) is 19.8. The van der Waals surface area contributed by atoms with E-state index < -0.39 is 5.72 Å². The zero-order valence-electron chi connectivity index (χ0n) is 17.2. The Balaban J connectivity index is 2.06. The number of fused-ring (bicyclic) bond motifs is 1. The molecule has 1 aromatic carbocycles. The maximum Gasteiger partial charge on any atom is 0.192 e. The summed E-state index contributed by atoms with van der Waals surface area (Å²) in [5.41, 5.74) is 1.66. The number of methoxy groups -OCH3 is 1. The van der Waals surface area contributed by atoms with Gasteiger partial charge in [0.1, 0.15) is 11.5 Å². The van der Waals surface area contributed by atoms with Gasteiger partial charge in [0, 0.05) is 15.9 Å². The SMILES string of the molecule is CCC/C=C\C=C1/C(C)N(C)C2(C=Cc3c(OC)cc(Br)cc3O2)C1(C)C. The van der Waals surface area contributed by atoms with Crippen LogP contribution < -0.4 is 9.47 Å². The van der Waals surface area contributed by atoms with E-state index in [1.165, 1.54) is 12.0 Å². The van der Waals surface area contributed by atoms with Crippen LogP contribution in [0, 0.1) is 5.41 Å². The molecule has 2 heterocycles. The topological polar surface area (TPSA) is 21.7 Å². The number of unbranched alkanes of at least 4 members (excludes halogenated alkanes) is 1. The van der Waals surface area contributed by atoms with Gasteiger partial charge < -0.3 is 9.47 Å². The maximum absolute atomic E-state index is 6.72. The molecule has 27 heavy (non-hydrogen) atoms. The molecule has 146 valence electrons. The average molecular weight is 432 g/mol. The summed E-state index contributed by atoms with van der Waals surface area (Å²) in [5.74, 6) is 1.66. The first kappa shape index (κ1) is 20.2. The largest absolute Gasteiger partial charge is 0.496 e. The van der Waals surface area contributed by atoms with Crippen LogP contribution in [-0.2, 0) is 0 Å². The fraction of sp³-hybridized carbons (Fsp3) is 0.478. The molecule has 4 heteroatoms. The molecule has 2 aliphatic rings. The molecule has 0 saturated carbocycles. The first-order valence-corrected chi connectivity index (χ1v) is 10.4. The second-order valence-corrected chi connectivity index (χ2v) is 8.82. The third kappa shape index (κ3) is 3.17. The van der Waals surface area contributed by atoms with Gasteiger partial charge >= 0.3 is 0 Å². The molecule has 0 aliphatic carbocycles. The van der Waals surface area contributed by atoms with Gasteiger partial charge in [-0.1, -0.05) is 61.4 Å². The summed E-state index contributed by atoms with van der Waals surface area (Å²) in [6.07, 6.45) is 13.3. The van der Waals surface area contributed by atoms with Gasteiger partial charge in [-0.2, -0.15) is 0 Å². The Labute approximate surface area is 171 Å². The zero-order valence-corrected chi connectivity index (χ0v) is 18.8. The van der Waals surface area contributed by atoms with Crippen LogP contribution in [0.4, 0.5) is 0 Å². The average Bonchev–Trinajstić information content (AvgIpc) is 2.76. The van der Waals surface area contributed by atoms with Gasteiger partial charge in [0.25, 0.3) is 0 Å². The maximum atomic E-state index is 6.72. The highest BCUT2D eigenvalue weighted by molar-refractivity contribution is 9.10. The van der Waals surface area contributed by atoms with E-state index in [2.05, 4.69) is 86.0 Å². The van der Waals surface area contributed by atoms with Crippen molar-refractivity contribution in [1.82, 2.24) is 4.90 Å². The van der Waals surface area contributed by atoms with E-state index in [1.54, 1.807) is 7.11 Å². The van der Waals surface area contributed by atoms with Gasteiger partial charge in [0.2, 0.25) is 0 Å². The second-order valence-electron chi connectivity index (χ2n) is 7.90. The van der Waals surface area contributed by atoms with Crippen LogP contribution in [0.15, 0.2) is 46.5 Å².